The van der Waals surface area contributed by atoms with Gasteiger partial charge in [0.25, 0.3) is 0 Å². The Kier molecular flexibility index (Phi) is 7.13. The van der Waals surface area contributed by atoms with Gasteiger partial charge in [-0.05, 0) is 88.0 Å². The Hall–Kier alpha value is -7.20. The summed E-state index contributed by atoms with van der Waals surface area (Å²) < 4.78 is 7.54. The van der Waals surface area contributed by atoms with Gasteiger partial charge in [-0.1, -0.05) is 152 Å². The Balaban J connectivity index is 0.950. The van der Waals surface area contributed by atoms with Gasteiger partial charge in [-0.3, -0.25) is 0 Å². The molecule has 0 bridgehead atoms. The molecular weight excluding hydrogens is 709 g/mol. The molecule has 0 aliphatic rings. The second kappa shape index (κ2) is 12.7. The lowest BCUT2D eigenvalue weighted by molar-refractivity contribution is 1.17. The maximum atomic E-state index is 2.43. The van der Waals surface area contributed by atoms with E-state index in [4.69, 9.17) is 0 Å². The summed E-state index contributed by atoms with van der Waals surface area (Å²) in [5.41, 5.74) is 14.5. The molecule has 0 aliphatic carbocycles. The fraction of sp³-hybridized carbons (Fsp3) is 0. The predicted molar refractivity (Wildman–Crippen MR) is 244 cm³/mol. The fourth-order valence-electron chi connectivity index (χ4n) is 9.04. The quantitative estimate of drug-likeness (QED) is 0.166. The number of para-hydroxylation sites is 2. The smallest absolute Gasteiger partial charge is 0.0548 e. The van der Waals surface area contributed by atoms with Crippen molar-refractivity contribution in [2.24, 2.45) is 0 Å². The summed E-state index contributed by atoms with van der Waals surface area (Å²) >= 11 is 1.88. The molecule has 266 valence electrons. The largest absolute Gasteiger partial charge is 0.309 e. The predicted octanol–water partition coefficient (Wildman–Crippen LogP) is 15.2. The summed E-state index contributed by atoms with van der Waals surface area (Å²) in [6, 6.07) is 75.6. The first-order valence-electron chi connectivity index (χ1n) is 19.5. The summed E-state index contributed by atoms with van der Waals surface area (Å²) in [5, 5.41) is 7.66. The second-order valence-electron chi connectivity index (χ2n) is 14.9. The molecule has 0 spiro atoms. The lowest BCUT2D eigenvalue weighted by atomic mass is 9.99. The van der Waals surface area contributed by atoms with Crippen LogP contribution in [0, 0.1) is 0 Å². The highest BCUT2D eigenvalue weighted by Gasteiger charge is 2.19. The number of hydrogen-bond acceptors (Lipinski definition) is 1. The maximum absolute atomic E-state index is 2.43. The topological polar surface area (TPSA) is 9.86 Å². The summed E-state index contributed by atoms with van der Waals surface area (Å²) in [4.78, 5) is 0. The van der Waals surface area contributed by atoms with E-state index in [-0.39, 0.29) is 0 Å². The second-order valence-corrected chi connectivity index (χ2v) is 16.0. The Morgan fingerprint density at radius 3 is 1.30 bits per heavy atom. The van der Waals surface area contributed by atoms with Crippen LogP contribution < -0.4 is 0 Å². The number of fused-ring (bicyclic) bond motifs is 9. The minimum absolute atomic E-state index is 1.15. The molecule has 3 aromatic heterocycles. The fourth-order valence-corrected chi connectivity index (χ4v) is 10.3. The van der Waals surface area contributed by atoms with Crippen molar-refractivity contribution in [2.45, 2.75) is 0 Å². The lowest BCUT2D eigenvalue weighted by Crippen LogP contribution is -1.95. The summed E-state index contributed by atoms with van der Waals surface area (Å²) in [5.74, 6) is 0. The van der Waals surface area contributed by atoms with Crippen molar-refractivity contribution >= 4 is 75.1 Å². The van der Waals surface area contributed by atoms with Gasteiger partial charge in [-0.2, -0.15) is 0 Å². The highest BCUT2D eigenvalue weighted by Crippen LogP contribution is 2.42. The molecule has 0 amide bonds. The van der Waals surface area contributed by atoms with Crippen LogP contribution in [0.15, 0.2) is 206 Å². The number of aromatic nitrogens is 2. The number of rotatable bonds is 5. The van der Waals surface area contributed by atoms with Gasteiger partial charge in [0.2, 0.25) is 0 Å². The van der Waals surface area contributed by atoms with Crippen molar-refractivity contribution in [3.8, 4) is 44.8 Å². The molecule has 0 N–H and O–H groups in total. The zero-order valence-corrected chi connectivity index (χ0v) is 31.7. The van der Waals surface area contributed by atoms with Crippen LogP contribution in [0.2, 0.25) is 0 Å². The van der Waals surface area contributed by atoms with Gasteiger partial charge in [-0.15, -0.1) is 11.3 Å². The molecule has 0 aliphatic heterocycles. The molecule has 0 saturated heterocycles. The van der Waals surface area contributed by atoms with Gasteiger partial charge in [0.1, 0.15) is 0 Å². The van der Waals surface area contributed by atoms with E-state index in [1.807, 2.05) is 11.3 Å². The van der Waals surface area contributed by atoms with E-state index in [0.29, 0.717) is 0 Å². The first kappa shape index (κ1) is 32.1. The van der Waals surface area contributed by atoms with Crippen molar-refractivity contribution in [1.82, 2.24) is 9.13 Å². The van der Waals surface area contributed by atoms with E-state index >= 15 is 0 Å². The van der Waals surface area contributed by atoms with Crippen molar-refractivity contribution in [3.05, 3.63) is 206 Å². The van der Waals surface area contributed by atoms with Crippen LogP contribution in [-0.2, 0) is 0 Å². The first-order valence-corrected chi connectivity index (χ1v) is 20.3. The number of thiophene rings is 1. The minimum atomic E-state index is 1.15. The minimum Gasteiger partial charge on any atom is -0.309 e. The third-order valence-electron chi connectivity index (χ3n) is 11.8. The molecule has 0 saturated carbocycles. The van der Waals surface area contributed by atoms with Crippen molar-refractivity contribution in [2.75, 3.05) is 0 Å². The Morgan fingerprint density at radius 2 is 0.719 bits per heavy atom. The Morgan fingerprint density at radius 1 is 0.281 bits per heavy atom. The van der Waals surface area contributed by atoms with Crippen molar-refractivity contribution < 1.29 is 0 Å². The van der Waals surface area contributed by atoms with Gasteiger partial charge in [0, 0.05) is 53.1 Å². The Bertz CT molecular complexity index is 3470. The van der Waals surface area contributed by atoms with E-state index in [0.717, 1.165) is 11.4 Å². The van der Waals surface area contributed by atoms with E-state index in [2.05, 4.69) is 215 Å². The molecule has 2 nitrogen and oxygen atoms in total. The molecule has 9 aromatic carbocycles. The van der Waals surface area contributed by atoms with E-state index in [1.54, 1.807) is 0 Å². The van der Waals surface area contributed by atoms with Gasteiger partial charge >= 0.3 is 0 Å². The van der Waals surface area contributed by atoms with E-state index in [9.17, 15) is 0 Å². The van der Waals surface area contributed by atoms with Crippen LogP contribution in [0.1, 0.15) is 0 Å². The van der Waals surface area contributed by atoms with Crippen LogP contribution >= 0.6 is 11.3 Å². The van der Waals surface area contributed by atoms with E-state index in [1.165, 1.54) is 97.2 Å². The zero-order chi connectivity index (χ0) is 37.5. The molecule has 0 fully saturated rings. The third-order valence-corrected chi connectivity index (χ3v) is 13.0. The van der Waals surface area contributed by atoms with Gasteiger partial charge in [0.15, 0.2) is 0 Å². The number of benzene rings is 9. The monoisotopic (exact) mass is 742 g/mol. The van der Waals surface area contributed by atoms with Crippen molar-refractivity contribution in [1.29, 1.82) is 0 Å². The van der Waals surface area contributed by atoms with Crippen LogP contribution in [0.4, 0.5) is 0 Å². The van der Waals surface area contributed by atoms with Crippen molar-refractivity contribution in [3.63, 3.8) is 0 Å². The molecule has 0 unspecified atom stereocenters. The maximum Gasteiger partial charge on any atom is 0.0548 e. The lowest BCUT2D eigenvalue weighted by Gasteiger charge is -2.11. The molecule has 57 heavy (non-hydrogen) atoms. The molecular formula is C54H34N2S. The van der Waals surface area contributed by atoms with Crippen LogP contribution in [0.25, 0.3) is 109 Å². The summed E-state index contributed by atoms with van der Waals surface area (Å²) in [6.07, 6.45) is 0. The van der Waals surface area contributed by atoms with Gasteiger partial charge < -0.3 is 9.13 Å². The number of nitrogens with zero attached hydrogens (tertiary/aromatic N) is 2. The SMILES string of the molecule is c1ccc(-c2ccc(-n3c4ccccc4c4cc5c(cc43)c3ccccc3n5-c3ccc(-c4ccc(-c5cccc6c5sc5ccccc56)cc4)cc3)cc2)cc1. The zero-order valence-electron chi connectivity index (χ0n) is 30.9. The molecule has 0 radical (unpaired) electrons. The molecule has 3 heterocycles. The summed E-state index contributed by atoms with van der Waals surface area (Å²) in [6.45, 7) is 0. The average molecular weight is 743 g/mol. The van der Waals surface area contributed by atoms with Gasteiger partial charge in [-0.25, -0.2) is 0 Å². The van der Waals surface area contributed by atoms with Gasteiger partial charge in [0.05, 0.1) is 22.1 Å². The summed E-state index contributed by atoms with van der Waals surface area (Å²) in [7, 11) is 0. The average Bonchev–Trinajstić information content (AvgIpc) is 3.94. The highest BCUT2D eigenvalue weighted by atomic mass is 32.1. The molecule has 3 heteroatoms. The van der Waals surface area contributed by atoms with E-state index < -0.39 is 0 Å². The van der Waals surface area contributed by atoms with Crippen LogP contribution in [0.3, 0.4) is 0 Å². The van der Waals surface area contributed by atoms with Crippen LogP contribution in [-0.4, -0.2) is 9.13 Å². The molecule has 12 rings (SSSR count). The first-order chi connectivity index (χ1) is 28.3. The Labute approximate surface area is 333 Å². The number of hydrogen-bond donors (Lipinski definition) is 0. The highest BCUT2D eigenvalue weighted by molar-refractivity contribution is 7.26. The normalized spacial score (nSPS) is 11.9. The molecule has 12 aromatic rings. The third kappa shape index (κ3) is 5.03. The molecule has 0 atom stereocenters. The standard InChI is InChI=1S/C54H34N2S/c1-2-11-35(12-3-1)37-25-29-40(30-26-37)55-49-18-7-4-13-43(49)47-34-52-48(33-51(47)55)44-14-5-8-19-50(44)56(52)41-31-27-38(28-32-41)36-21-23-39(24-22-36)42-16-10-17-46-45-15-6-9-20-53(45)57-54(42)46/h1-34H. The van der Waals surface area contributed by atoms with Crippen LogP contribution in [0.5, 0.6) is 0 Å².